The summed E-state index contributed by atoms with van der Waals surface area (Å²) in [6.07, 6.45) is 6.96. The summed E-state index contributed by atoms with van der Waals surface area (Å²) in [6, 6.07) is 7.43. The highest BCUT2D eigenvalue weighted by atomic mass is 16.5. The van der Waals surface area contributed by atoms with Crippen molar-refractivity contribution in [1.82, 2.24) is 4.90 Å². The van der Waals surface area contributed by atoms with Gasteiger partial charge in [-0.25, -0.2) is 0 Å². The monoisotopic (exact) mass is 472 g/mol. The molecule has 1 heterocycles. The van der Waals surface area contributed by atoms with E-state index >= 15 is 0 Å². The number of ether oxygens (including phenoxy) is 2. The van der Waals surface area contributed by atoms with Gasteiger partial charge in [0, 0.05) is 18.5 Å². The summed E-state index contributed by atoms with van der Waals surface area (Å²) < 4.78 is 11.0. The minimum absolute atomic E-state index is 0.0501. The predicted molar refractivity (Wildman–Crippen MR) is 127 cm³/mol. The number of nitrogens with zero attached hydrogens (tertiary/aromatic N) is 1. The molecule has 1 saturated carbocycles. The van der Waals surface area contributed by atoms with Crippen molar-refractivity contribution in [2.45, 2.75) is 58.3 Å². The smallest absolute Gasteiger partial charge is 0.235 e. The van der Waals surface area contributed by atoms with E-state index in [2.05, 4.69) is 5.32 Å². The van der Waals surface area contributed by atoms with E-state index in [1.165, 1.54) is 4.90 Å². The van der Waals surface area contributed by atoms with Gasteiger partial charge in [-0.15, -0.1) is 0 Å². The number of nitrogens with one attached hydrogen (secondary N) is 1. The zero-order valence-electron chi connectivity index (χ0n) is 20.1. The minimum Gasteiger partial charge on any atom is -0.379 e. The maximum absolute atomic E-state index is 12.9. The van der Waals surface area contributed by atoms with Crippen LogP contribution in [0.3, 0.4) is 0 Å². The Morgan fingerprint density at radius 3 is 2.44 bits per heavy atom. The number of hydrogen-bond donors (Lipinski definition) is 1. The molecule has 3 amide bonds. The van der Waals surface area contributed by atoms with Gasteiger partial charge in [0.05, 0.1) is 44.8 Å². The molecular weight excluding hydrogens is 436 g/mol. The highest BCUT2D eigenvalue weighted by Crippen LogP contribution is 2.46. The van der Waals surface area contributed by atoms with Crippen LogP contribution < -0.4 is 5.32 Å². The van der Waals surface area contributed by atoms with Gasteiger partial charge in [0.15, 0.2) is 0 Å². The lowest BCUT2D eigenvalue weighted by atomic mass is 9.74. The maximum Gasteiger partial charge on any atom is 0.235 e. The summed E-state index contributed by atoms with van der Waals surface area (Å²) >= 11 is 0. The van der Waals surface area contributed by atoms with Crippen LogP contribution in [0.25, 0.3) is 0 Å². The Labute approximate surface area is 201 Å². The molecule has 0 aromatic heterocycles. The lowest BCUT2D eigenvalue weighted by molar-refractivity contribution is -0.143. The molecule has 0 spiro atoms. The Balaban J connectivity index is 1.24. The Kier molecular flexibility index (Phi) is 9.77. The molecule has 1 aromatic carbocycles. The molecule has 8 nitrogen and oxygen atoms in total. The van der Waals surface area contributed by atoms with Crippen LogP contribution in [0.4, 0.5) is 5.69 Å². The predicted octanol–water partition coefficient (Wildman–Crippen LogP) is 3.14. The molecule has 1 aromatic rings. The zero-order chi connectivity index (χ0) is 24.4. The number of benzene rings is 1. The minimum atomic E-state index is -0.546. The second-order valence-corrected chi connectivity index (χ2v) is 9.35. The summed E-state index contributed by atoms with van der Waals surface area (Å²) in [7, 11) is 0. The van der Waals surface area contributed by atoms with E-state index in [0.29, 0.717) is 44.1 Å². The van der Waals surface area contributed by atoms with Crippen LogP contribution in [-0.2, 0) is 35.1 Å². The van der Waals surface area contributed by atoms with E-state index in [1.807, 2.05) is 31.2 Å². The number of carbonyl (C=O) groups is 4. The van der Waals surface area contributed by atoms with Crippen LogP contribution >= 0.6 is 0 Å². The fraction of sp³-hybridized carbons (Fsp3) is 0.615. The van der Waals surface area contributed by atoms with Gasteiger partial charge in [0.25, 0.3) is 0 Å². The molecule has 8 heteroatoms. The summed E-state index contributed by atoms with van der Waals surface area (Å²) in [5, 5.41) is 2.81. The Morgan fingerprint density at radius 2 is 1.76 bits per heavy atom. The van der Waals surface area contributed by atoms with Crippen molar-refractivity contribution in [2.75, 3.05) is 38.3 Å². The van der Waals surface area contributed by atoms with Crippen molar-refractivity contribution in [1.29, 1.82) is 0 Å². The molecule has 3 rings (SSSR count). The fourth-order valence-electron chi connectivity index (χ4n) is 4.86. The molecule has 1 N–H and O–H groups in total. The number of anilines is 1. The van der Waals surface area contributed by atoms with Crippen LogP contribution in [0.15, 0.2) is 24.3 Å². The number of carbonyl (C=O) groups excluding carboxylic acids is 4. The second kappa shape index (κ2) is 12.8. The van der Waals surface area contributed by atoms with Crippen molar-refractivity contribution in [3.8, 4) is 0 Å². The Hall–Kier alpha value is -2.58. The van der Waals surface area contributed by atoms with Crippen LogP contribution in [0.1, 0.15) is 57.4 Å². The molecule has 1 unspecified atom stereocenters. The number of imide groups is 1. The van der Waals surface area contributed by atoms with Crippen molar-refractivity contribution in [2.24, 2.45) is 11.3 Å². The van der Waals surface area contributed by atoms with Crippen LogP contribution in [0.5, 0.6) is 0 Å². The number of amides is 3. The van der Waals surface area contributed by atoms with Gasteiger partial charge >= 0.3 is 0 Å². The first kappa shape index (κ1) is 26.0. The van der Waals surface area contributed by atoms with Crippen LogP contribution in [0, 0.1) is 11.3 Å². The van der Waals surface area contributed by atoms with Gasteiger partial charge in [-0.1, -0.05) is 25.0 Å². The molecule has 1 saturated heterocycles. The van der Waals surface area contributed by atoms with Crippen molar-refractivity contribution in [3.05, 3.63) is 29.8 Å². The largest absolute Gasteiger partial charge is 0.379 e. The molecule has 0 bridgehead atoms. The Bertz CT molecular complexity index is 849. The molecule has 2 aliphatic rings. The normalized spacial score (nSPS) is 20.8. The van der Waals surface area contributed by atoms with E-state index in [4.69, 9.17) is 9.47 Å². The van der Waals surface area contributed by atoms with Gasteiger partial charge in [-0.2, -0.15) is 0 Å². The highest BCUT2D eigenvalue weighted by Gasteiger charge is 2.52. The molecule has 34 heavy (non-hydrogen) atoms. The summed E-state index contributed by atoms with van der Waals surface area (Å²) in [6.45, 7) is 3.44. The third kappa shape index (κ3) is 6.96. The average Bonchev–Trinajstić information content (AvgIpc) is 3.44. The summed E-state index contributed by atoms with van der Waals surface area (Å²) in [5.41, 5.74) is 1.21. The SMILES string of the molecule is CC1(C2CCCC2)CC(=O)N(CCOCCOCCC(=O)Nc2ccc(CCC=O)cc2)C1=O. The van der Waals surface area contributed by atoms with E-state index in [0.717, 1.165) is 37.5 Å². The molecule has 186 valence electrons. The van der Waals surface area contributed by atoms with Gasteiger partial charge in [-0.3, -0.25) is 19.3 Å². The fourth-order valence-corrected chi connectivity index (χ4v) is 4.86. The third-order valence-electron chi connectivity index (χ3n) is 6.90. The van der Waals surface area contributed by atoms with E-state index in [9.17, 15) is 19.2 Å². The summed E-state index contributed by atoms with van der Waals surface area (Å²) in [5.74, 6) is 0.0258. The first-order chi connectivity index (χ1) is 16.4. The van der Waals surface area contributed by atoms with Gasteiger partial charge in [0.2, 0.25) is 17.7 Å². The third-order valence-corrected chi connectivity index (χ3v) is 6.90. The number of aryl methyl sites for hydroxylation is 1. The van der Waals surface area contributed by atoms with E-state index in [-0.39, 0.29) is 43.9 Å². The van der Waals surface area contributed by atoms with E-state index in [1.54, 1.807) is 0 Å². The highest BCUT2D eigenvalue weighted by molar-refractivity contribution is 6.05. The number of aldehydes is 1. The zero-order valence-corrected chi connectivity index (χ0v) is 20.1. The quantitative estimate of drug-likeness (QED) is 0.254. The average molecular weight is 473 g/mol. The first-order valence-corrected chi connectivity index (χ1v) is 12.3. The second-order valence-electron chi connectivity index (χ2n) is 9.35. The standard InChI is InChI=1S/C26H36N2O6/c1-26(21-6-2-3-7-21)19-24(31)28(25(26)32)13-16-34-18-17-33-15-12-23(30)27-22-10-8-20(9-11-22)5-4-14-29/h8-11,14,21H,2-7,12-13,15-19H2,1H3,(H,27,30). The van der Waals surface area contributed by atoms with Gasteiger partial charge in [0.1, 0.15) is 6.29 Å². The van der Waals surface area contributed by atoms with Crippen molar-refractivity contribution in [3.63, 3.8) is 0 Å². The molecule has 1 aliphatic carbocycles. The van der Waals surface area contributed by atoms with Crippen molar-refractivity contribution >= 4 is 29.7 Å². The maximum atomic E-state index is 12.9. The number of hydrogen-bond acceptors (Lipinski definition) is 6. The molecule has 1 atom stereocenters. The van der Waals surface area contributed by atoms with Gasteiger partial charge < -0.3 is 19.6 Å². The van der Waals surface area contributed by atoms with Crippen LogP contribution in [0.2, 0.25) is 0 Å². The summed E-state index contributed by atoms with van der Waals surface area (Å²) in [4.78, 5) is 49.1. The first-order valence-electron chi connectivity index (χ1n) is 12.3. The van der Waals surface area contributed by atoms with E-state index < -0.39 is 5.41 Å². The Morgan fingerprint density at radius 1 is 1.09 bits per heavy atom. The lowest BCUT2D eigenvalue weighted by Gasteiger charge is -2.28. The van der Waals surface area contributed by atoms with Crippen molar-refractivity contribution < 1.29 is 28.7 Å². The lowest BCUT2D eigenvalue weighted by Crippen LogP contribution is -2.39. The molecule has 2 fully saturated rings. The number of likely N-dealkylation sites (tertiary alicyclic amines) is 1. The molecule has 1 aliphatic heterocycles. The molecular formula is C26H36N2O6. The number of rotatable bonds is 14. The van der Waals surface area contributed by atoms with Crippen LogP contribution in [-0.4, -0.2) is 61.9 Å². The van der Waals surface area contributed by atoms with Gasteiger partial charge in [-0.05, 0) is 49.8 Å². The molecule has 0 radical (unpaired) electrons. The topological polar surface area (TPSA) is 102 Å².